The molecule has 0 bridgehead atoms. The van der Waals surface area contributed by atoms with Gasteiger partial charge in [0.05, 0.1) is 5.69 Å². The van der Waals surface area contributed by atoms with E-state index in [2.05, 4.69) is 20.6 Å². The molecule has 1 amide bonds. The van der Waals surface area contributed by atoms with Gasteiger partial charge in [-0.15, -0.1) is 0 Å². The SMILES string of the molecule is Cc1cc(NC(=O)Cn2nc(-c3cccnc3)ccc2=O)no1. The van der Waals surface area contributed by atoms with Crippen molar-refractivity contribution in [3.8, 4) is 11.3 Å². The molecule has 0 unspecified atom stereocenters. The fraction of sp³-hybridized carbons (Fsp3) is 0.133. The minimum absolute atomic E-state index is 0.223. The molecule has 0 aliphatic heterocycles. The van der Waals surface area contributed by atoms with E-state index in [1.54, 1.807) is 37.5 Å². The van der Waals surface area contributed by atoms with Crippen molar-refractivity contribution in [3.63, 3.8) is 0 Å². The van der Waals surface area contributed by atoms with E-state index in [0.717, 1.165) is 10.2 Å². The minimum Gasteiger partial charge on any atom is -0.360 e. The normalized spacial score (nSPS) is 10.5. The van der Waals surface area contributed by atoms with Crippen LogP contribution >= 0.6 is 0 Å². The highest BCUT2D eigenvalue weighted by Crippen LogP contribution is 2.12. The molecule has 23 heavy (non-hydrogen) atoms. The fourth-order valence-electron chi connectivity index (χ4n) is 1.97. The molecule has 3 heterocycles. The van der Waals surface area contributed by atoms with Crippen LogP contribution in [0.5, 0.6) is 0 Å². The molecule has 0 saturated heterocycles. The molecule has 3 aromatic heterocycles. The van der Waals surface area contributed by atoms with Crippen LogP contribution in [0.25, 0.3) is 11.3 Å². The molecule has 0 spiro atoms. The first-order chi connectivity index (χ1) is 11.1. The predicted molar refractivity (Wildman–Crippen MR) is 81.6 cm³/mol. The third-order valence-corrected chi connectivity index (χ3v) is 3.01. The van der Waals surface area contributed by atoms with Gasteiger partial charge in [-0.1, -0.05) is 5.16 Å². The zero-order valence-electron chi connectivity index (χ0n) is 12.3. The number of nitrogens with one attached hydrogen (secondary N) is 1. The Hall–Kier alpha value is -3.29. The topological polar surface area (TPSA) is 103 Å². The summed E-state index contributed by atoms with van der Waals surface area (Å²) in [4.78, 5) is 27.9. The molecule has 3 aromatic rings. The van der Waals surface area contributed by atoms with E-state index in [0.29, 0.717) is 17.3 Å². The molecule has 0 saturated carbocycles. The number of anilines is 1. The Morgan fingerprint density at radius 3 is 2.91 bits per heavy atom. The largest absolute Gasteiger partial charge is 0.360 e. The molecular weight excluding hydrogens is 298 g/mol. The average molecular weight is 311 g/mol. The van der Waals surface area contributed by atoms with Crippen LogP contribution in [0.4, 0.5) is 5.82 Å². The van der Waals surface area contributed by atoms with E-state index in [9.17, 15) is 9.59 Å². The van der Waals surface area contributed by atoms with Crippen LogP contribution in [-0.4, -0.2) is 25.8 Å². The summed E-state index contributed by atoms with van der Waals surface area (Å²) in [5.74, 6) is 0.453. The molecule has 0 fully saturated rings. The smallest absolute Gasteiger partial charge is 0.267 e. The van der Waals surface area contributed by atoms with Crippen molar-refractivity contribution in [1.29, 1.82) is 0 Å². The van der Waals surface area contributed by atoms with E-state index in [-0.39, 0.29) is 12.1 Å². The van der Waals surface area contributed by atoms with E-state index in [1.807, 2.05) is 6.07 Å². The lowest BCUT2D eigenvalue weighted by Crippen LogP contribution is -2.29. The summed E-state index contributed by atoms with van der Waals surface area (Å²) in [6.07, 6.45) is 3.28. The van der Waals surface area contributed by atoms with Crippen molar-refractivity contribution in [2.75, 3.05) is 5.32 Å². The molecule has 3 rings (SSSR count). The number of amides is 1. The summed E-state index contributed by atoms with van der Waals surface area (Å²) >= 11 is 0. The summed E-state index contributed by atoms with van der Waals surface area (Å²) in [7, 11) is 0. The van der Waals surface area contributed by atoms with E-state index in [4.69, 9.17) is 4.52 Å². The van der Waals surface area contributed by atoms with Gasteiger partial charge in [0.2, 0.25) is 5.91 Å². The van der Waals surface area contributed by atoms with Gasteiger partial charge >= 0.3 is 0 Å². The van der Waals surface area contributed by atoms with Gasteiger partial charge in [0, 0.05) is 30.1 Å². The Labute approximate surface area is 130 Å². The summed E-state index contributed by atoms with van der Waals surface area (Å²) in [5, 5.41) is 10.4. The zero-order chi connectivity index (χ0) is 16.2. The van der Waals surface area contributed by atoms with Crippen molar-refractivity contribution in [2.24, 2.45) is 0 Å². The van der Waals surface area contributed by atoms with Crippen LogP contribution in [0.15, 0.2) is 52.0 Å². The maximum Gasteiger partial charge on any atom is 0.267 e. The van der Waals surface area contributed by atoms with Gasteiger partial charge in [-0.3, -0.25) is 14.6 Å². The van der Waals surface area contributed by atoms with E-state index >= 15 is 0 Å². The number of rotatable bonds is 4. The Bertz CT molecular complexity index is 885. The van der Waals surface area contributed by atoms with Crippen LogP contribution in [0.2, 0.25) is 0 Å². The lowest BCUT2D eigenvalue weighted by Gasteiger charge is -2.06. The number of pyridine rings is 1. The van der Waals surface area contributed by atoms with Crippen molar-refractivity contribution in [1.82, 2.24) is 19.9 Å². The Balaban J connectivity index is 1.79. The molecule has 0 aliphatic carbocycles. The van der Waals surface area contributed by atoms with Gasteiger partial charge < -0.3 is 9.84 Å². The monoisotopic (exact) mass is 311 g/mol. The Kier molecular flexibility index (Phi) is 3.96. The van der Waals surface area contributed by atoms with Gasteiger partial charge in [0.25, 0.3) is 5.56 Å². The highest BCUT2D eigenvalue weighted by atomic mass is 16.5. The second-order valence-electron chi connectivity index (χ2n) is 4.83. The number of hydrogen-bond donors (Lipinski definition) is 1. The second-order valence-corrected chi connectivity index (χ2v) is 4.83. The molecule has 0 atom stereocenters. The van der Waals surface area contributed by atoms with Gasteiger partial charge in [0.1, 0.15) is 12.3 Å². The van der Waals surface area contributed by atoms with Gasteiger partial charge in [-0.05, 0) is 25.1 Å². The van der Waals surface area contributed by atoms with Crippen molar-refractivity contribution in [2.45, 2.75) is 13.5 Å². The average Bonchev–Trinajstić information content (AvgIpc) is 2.95. The van der Waals surface area contributed by atoms with Crippen molar-refractivity contribution < 1.29 is 9.32 Å². The first kappa shape index (κ1) is 14.6. The predicted octanol–water partition coefficient (Wildman–Crippen LogP) is 1.24. The van der Waals surface area contributed by atoms with Crippen LogP contribution in [0.1, 0.15) is 5.76 Å². The molecule has 8 heteroatoms. The maximum absolute atomic E-state index is 12.0. The Morgan fingerprint density at radius 2 is 2.22 bits per heavy atom. The van der Waals surface area contributed by atoms with Crippen LogP contribution in [0, 0.1) is 6.92 Å². The van der Waals surface area contributed by atoms with Gasteiger partial charge in [-0.2, -0.15) is 5.10 Å². The van der Waals surface area contributed by atoms with Crippen LogP contribution < -0.4 is 10.9 Å². The fourth-order valence-corrected chi connectivity index (χ4v) is 1.97. The molecule has 0 radical (unpaired) electrons. The van der Waals surface area contributed by atoms with E-state index < -0.39 is 5.91 Å². The van der Waals surface area contributed by atoms with Crippen LogP contribution in [0.3, 0.4) is 0 Å². The van der Waals surface area contributed by atoms with Gasteiger partial charge in [0.15, 0.2) is 5.82 Å². The molecule has 116 valence electrons. The molecule has 1 N–H and O–H groups in total. The van der Waals surface area contributed by atoms with Crippen molar-refractivity contribution in [3.05, 3.63) is 58.8 Å². The molecule has 0 aliphatic rings. The lowest BCUT2D eigenvalue weighted by molar-refractivity contribution is -0.117. The third kappa shape index (κ3) is 3.49. The first-order valence-corrected chi connectivity index (χ1v) is 6.83. The van der Waals surface area contributed by atoms with E-state index in [1.165, 1.54) is 6.07 Å². The standard InChI is InChI=1S/C15H13N5O3/c1-10-7-13(19-23-10)17-14(21)9-20-15(22)5-4-12(18-20)11-3-2-6-16-8-11/h2-8H,9H2,1H3,(H,17,19,21). The highest BCUT2D eigenvalue weighted by Gasteiger charge is 2.10. The minimum atomic E-state index is -0.420. The zero-order valence-corrected chi connectivity index (χ0v) is 12.3. The first-order valence-electron chi connectivity index (χ1n) is 6.83. The number of carbonyl (C=O) groups is 1. The number of nitrogens with zero attached hydrogens (tertiary/aromatic N) is 4. The van der Waals surface area contributed by atoms with Crippen molar-refractivity contribution >= 4 is 11.7 Å². The van der Waals surface area contributed by atoms with Crippen LogP contribution in [-0.2, 0) is 11.3 Å². The number of hydrogen-bond acceptors (Lipinski definition) is 6. The maximum atomic E-state index is 12.0. The number of aromatic nitrogens is 4. The summed E-state index contributed by atoms with van der Waals surface area (Å²) in [5.41, 5.74) is 0.945. The number of carbonyl (C=O) groups excluding carboxylic acids is 1. The summed E-state index contributed by atoms with van der Waals surface area (Å²) in [6.45, 7) is 1.49. The summed E-state index contributed by atoms with van der Waals surface area (Å²) < 4.78 is 5.95. The second kappa shape index (κ2) is 6.22. The molecular formula is C15H13N5O3. The quantitative estimate of drug-likeness (QED) is 0.777. The third-order valence-electron chi connectivity index (χ3n) is 3.01. The van der Waals surface area contributed by atoms with Gasteiger partial charge in [-0.25, -0.2) is 4.68 Å². The molecule has 0 aromatic carbocycles. The summed E-state index contributed by atoms with van der Waals surface area (Å²) in [6, 6.07) is 8.13. The number of aryl methyl sites for hydroxylation is 1. The Morgan fingerprint density at radius 1 is 1.35 bits per heavy atom. The highest BCUT2D eigenvalue weighted by molar-refractivity contribution is 5.89. The lowest BCUT2D eigenvalue weighted by atomic mass is 10.2. The molecule has 8 nitrogen and oxygen atoms in total.